The maximum atomic E-state index is 12.6. The summed E-state index contributed by atoms with van der Waals surface area (Å²) >= 11 is 2.29. The largest absolute Gasteiger partial charge is 0.466 e. The zero-order valence-corrected chi connectivity index (χ0v) is 35.3. The van der Waals surface area contributed by atoms with E-state index in [-0.39, 0.29) is 67.2 Å². The van der Waals surface area contributed by atoms with Crippen LogP contribution in [0.25, 0.3) is 31.9 Å². The molecule has 4 heterocycles. The maximum absolute atomic E-state index is 12.6. The summed E-state index contributed by atoms with van der Waals surface area (Å²) in [6.07, 6.45) is 0.195. The first-order valence-electron chi connectivity index (χ1n) is 18.5. The van der Waals surface area contributed by atoms with Gasteiger partial charge >= 0.3 is 11.9 Å². The minimum absolute atomic E-state index is 0.0491. The van der Waals surface area contributed by atoms with Gasteiger partial charge in [-0.05, 0) is 67.0 Å². The molecule has 304 valence electrons. The van der Waals surface area contributed by atoms with Gasteiger partial charge in [0.2, 0.25) is 25.0 Å². The topological polar surface area (TPSA) is 210 Å². The Labute approximate surface area is 355 Å². The van der Waals surface area contributed by atoms with Crippen molar-refractivity contribution in [3.05, 3.63) is 81.7 Å². The second-order valence-electron chi connectivity index (χ2n) is 12.1. The number of alkyl halides is 1. The van der Waals surface area contributed by atoms with E-state index in [1.165, 1.54) is 4.43 Å². The van der Waals surface area contributed by atoms with E-state index < -0.39 is 17.9 Å². The molecule has 1 unspecified atom stereocenters. The number of fused-ring (bicyclic) bond motifs is 2. The van der Waals surface area contributed by atoms with Crippen molar-refractivity contribution in [2.24, 2.45) is 0 Å². The van der Waals surface area contributed by atoms with Crippen molar-refractivity contribution in [2.75, 3.05) is 48.8 Å². The zero-order valence-electron chi connectivity index (χ0n) is 33.1. The molecular formula is C42H41IN8O8. The minimum Gasteiger partial charge on any atom is -0.466 e. The van der Waals surface area contributed by atoms with Crippen LogP contribution in [0.2, 0.25) is 0 Å². The van der Waals surface area contributed by atoms with Crippen molar-refractivity contribution in [3.63, 3.8) is 0 Å². The fourth-order valence-electron chi connectivity index (χ4n) is 6.10. The summed E-state index contributed by atoms with van der Waals surface area (Å²) in [5.74, 6) is 0.804. The van der Waals surface area contributed by atoms with Crippen molar-refractivity contribution < 1.29 is 38.0 Å². The van der Waals surface area contributed by atoms with Crippen LogP contribution >= 0.6 is 22.6 Å². The molecule has 0 saturated heterocycles. The first kappa shape index (κ1) is 44.9. The molecule has 2 aromatic heterocycles. The summed E-state index contributed by atoms with van der Waals surface area (Å²) in [5, 5.41) is 22.8. The molecular weight excluding hydrogens is 871 g/mol. The molecule has 0 radical (unpaired) electrons. The third-order valence-electron chi connectivity index (χ3n) is 8.51. The van der Waals surface area contributed by atoms with E-state index in [1.54, 1.807) is 50.2 Å². The number of nitriles is 2. The van der Waals surface area contributed by atoms with Gasteiger partial charge in [-0.2, -0.15) is 10.5 Å². The van der Waals surface area contributed by atoms with E-state index in [1.807, 2.05) is 19.9 Å². The normalized spacial score (nSPS) is 11.8. The fraction of sp³-hybridized carbons (Fsp3) is 0.333. The third-order valence-corrected chi connectivity index (χ3v) is 8.51. The number of benzene rings is 2. The van der Waals surface area contributed by atoms with Crippen LogP contribution < -0.4 is 30.0 Å². The molecule has 0 aliphatic carbocycles. The van der Waals surface area contributed by atoms with Gasteiger partial charge in [-0.3, -0.25) is 9.59 Å². The van der Waals surface area contributed by atoms with Gasteiger partial charge in [0.05, 0.1) is 55.3 Å². The Balaban J connectivity index is 0.000000246. The van der Waals surface area contributed by atoms with Crippen LogP contribution in [0.4, 0.5) is 23.0 Å². The first-order chi connectivity index (χ1) is 28.6. The number of hydrogen-bond donors (Lipinski definition) is 2. The summed E-state index contributed by atoms with van der Waals surface area (Å²) in [7, 11) is 0. The Kier molecular flexibility index (Phi) is 16.5. The Morgan fingerprint density at radius 3 is 1.85 bits per heavy atom. The van der Waals surface area contributed by atoms with Gasteiger partial charge in [-0.25, -0.2) is 19.7 Å². The van der Waals surface area contributed by atoms with E-state index in [9.17, 15) is 20.1 Å². The molecule has 17 heteroatoms. The van der Waals surface area contributed by atoms with Gasteiger partial charge in [0, 0.05) is 17.7 Å². The van der Waals surface area contributed by atoms with Gasteiger partial charge in [0.1, 0.15) is 29.7 Å². The molecule has 4 aromatic rings. The monoisotopic (exact) mass is 912 g/mol. The van der Waals surface area contributed by atoms with Crippen LogP contribution in [-0.4, -0.2) is 59.7 Å². The number of aromatic nitrogens is 2. The number of esters is 2. The molecule has 6 rings (SSSR count). The number of nitrogen functional groups attached to an aromatic ring is 1. The molecule has 0 spiro atoms. The highest BCUT2D eigenvalue weighted by atomic mass is 127. The van der Waals surface area contributed by atoms with Crippen LogP contribution in [0.5, 0.6) is 23.0 Å². The third kappa shape index (κ3) is 10.2. The summed E-state index contributed by atoms with van der Waals surface area (Å²) < 4.78 is 32.8. The smallest absolute Gasteiger partial charge is 0.315 e. The number of nitrogens with zero attached hydrogens (tertiary/aromatic N) is 6. The Hall–Kier alpha value is -6.83. The molecule has 0 fully saturated rings. The van der Waals surface area contributed by atoms with Gasteiger partial charge in [0.15, 0.2) is 23.0 Å². The van der Waals surface area contributed by atoms with Gasteiger partial charge in [-0.1, -0.05) is 48.6 Å². The van der Waals surface area contributed by atoms with E-state index in [4.69, 9.17) is 47.3 Å². The summed E-state index contributed by atoms with van der Waals surface area (Å²) in [6, 6.07) is 14.5. The van der Waals surface area contributed by atoms with Crippen LogP contribution in [0.1, 0.15) is 69.5 Å². The van der Waals surface area contributed by atoms with Crippen LogP contribution in [0.3, 0.4) is 0 Å². The summed E-state index contributed by atoms with van der Waals surface area (Å²) in [4.78, 5) is 40.1. The molecule has 2 aliphatic rings. The average molecular weight is 913 g/mol. The standard InChI is InChI=1S/C22H22N4O4.C18H14N4O4.C2H5I/c1-5-14(22(27)28-7-3)19-15(11-23)18(20(24-4)21(26-19)25-6-2)13-8-9-16-17(10-13)30-12-29-16;1-3-24-15(23)7-12-11(8-19)16(17(21-2)18(20)22-12)10-4-5-13-14(6-10)26-9-25-13;1-2-3/h8-10,14H,5-7,12H2,1-3H3,(H,25,26);4-6H,3,7,9H2,1H3,(H2,20,22);2H2,1H3. The van der Waals surface area contributed by atoms with E-state index in [2.05, 4.69) is 60.6 Å². The highest BCUT2D eigenvalue weighted by Crippen LogP contribution is 2.46. The van der Waals surface area contributed by atoms with E-state index in [0.717, 1.165) is 0 Å². The van der Waals surface area contributed by atoms with Crippen LogP contribution in [-0.2, 0) is 25.5 Å². The minimum atomic E-state index is -0.718. The second kappa shape index (κ2) is 21.6. The lowest BCUT2D eigenvalue weighted by Gasteiger charge is -2.20. The second-order valence-corrected chi connectivity index (χ2v) is 13.6. The first-order valence-corrected chi connectivity index (χ1v) is 20.0. The Morgan fingerprint density at radius 2 is 1.37 bits per heavy atom. The van der Waals surface area contributed by atoms with Gasteiger partial charge < -0.3 is 39.5 Å². The number of carbonyl (C=O) groups excluding carboxylic acids is 2. The van der Waals surface area contributed by atoms with Crippen molar-refractivity contribution in [2.45, 2.75) is 53.4 Å². The molecule has 0 bridgehead atoms. The number of anilines is 2. The number of rotatable bonds is 11. The van der Waals surface area contributed by atoms with E-state index >= 15 is 0 Å². The molecule has 2 aliphatic heterocycles. The lowest BCUT2D eigenvalue weighted by atomic mass is 9.90. The predicted molar refractivity (Wildman–Crippen MR) is 227 cm³/mol. The number of carbonyl (C=O) groups is 2. The van der Waals surface area contributed by atoms with Crippen molar-refractivity contribution >= 4 is 57.5 Å². The van der Waals surface area contributed by atoms with E-state index in [0.29, 0.717) is 69.7 Å². The van der Waals surface area contributed by atoms with Crippen LogP contribution in [0, 0.1) is 35.8 Å². The average Bonchev–Trinajstić information content (AvgIpc) is 3.91. The van der Waals surface area contributed by atoms with Crippen molar-refractivity contribution in [1.82, 2.24) is 9.97 Å². The Morgan fingerprint density at radius 1 is 0.847 bits per heavy atom. The van der Waals surface area contributed by atoms with Crippen LogP contribution in [0.15, 0.2) is 36.4 Å². The molecule has 3 N–H and O–H groups in total. The van der Waals surface area contributed by atoms with Gasteiger partial charge in [-0.15, -0.1) is 0 Å². The van der Waals surface area contributed by atoms with Crippen molar-refractivity contribution in [3.8, 4) is 57.4 Å². The number of pyridine rings is 2. The number of nitrogens with two attached hydrogens (primary N) is 1. The molecule has 1 atom stereocenters. The summed E-state index contributed by atoms with van der Waals surface area (Å²) in [5.41, 5.74) is 8.83. The molecule has 59 heavy (non-hydrogen) atoms. The fourth-order valence-corrected chi connectivity index (χ4v) is 6.10. The quantitative estimate of drug-likeness (QED) is 0.0627. The lowest BCUT2D eigenvalue weighted by molar-refractivity contribution is -0.145. The number of hydrogen-bond acceptors (Lipinski definition) is 14. The number of halogens is 1. The zero-order chi connectivity index (χ0) is 43.1. The highest BCUT2D eigenvalue weighted by Gasteiger charge is 2.31. The predicted octanol–water partition coefficient (Wildman–Crippen LogP) is 8.42. The van der Waals surface area contributed by atoms with Crippen molar-refractivity contribution in [1.29, 1.82) is 10.5 Å². The number of nitrogens with one attached hydrogen (secondary N) is 1. The molecule has 16 nitrogen and oxygen atoms in total. The molecule has 0 saturated carbocycles. The highest BCUT2D eigenvalue weighted by molar-refractivity contribution is 14.1. The SMILES string of the molecule is CCI.[C-]#[N+]c1c(N)nc(CC(=O)OCC)c(C#N)c1-c1ccc2c(c1)OCO2.[C-]#[N+]c1c(NCC)nc(C(CC)C(=O)OCC)c(C#N)c1-c1ccc2c(c1)OCO2. The number of ether oxygens (including phenoxy) is 6. The lowest BCUT2D eigenvalue weighted by Crippen LogP contribution is -2.19. The molecule has 0 amide bonds. The Bertz CT molecular complexity index is 2380. The van der Waals surface area contributed by atoms with Gasteiger partial charge in [0.25, 0.3) is 0 Å². The molecule has 2 aromatic carbocycles. The summed E-state index contributed by atoms with van der Waals surface area (Å²) in [6.45, 7) is 25.6. The maximum Gasteiger partial charge on any atom is 0.315 e.